The molecule has 1 N–H and O–H groups in total. The molecule has 3 nitrogen and oxygen atoms in total. The van der Waals surface area contributed by atoms with Crippen LogP contribution >= 0.6 is 11.3 Å². The Morgan fingerprint density at radius 3 is 2.82 bits per heavy atom. The number of benzene rings is 2. The summed E-state index contributed by atoms with van der Waals surface area (Å²) in [6.45, 7) is 2.97. The Morgan fingerprint density at radius 2 is 2.05 bits per heavy atom. The first-order valence-corrected chi connectivity index (χ1v) is 8.17. The molecule has 0 aliphatic heterocycles. The fraction of sp³-hybridized carbons (Fsp3) is 0.167. The van der Waals surface area contributed by atoms with Gasteiger partial charge in [-0.25, -0.2) is 0 Å². The molecule has 0 spiro atoms. The lowest BCUT2D eigenvalue weighted by Crippen LogP contribution is -2.23. The molecular weight excluding hydrogens is 294 g/mol. The summed E-state index contributed by atoms with van der Waals surface area (Å²) in [5, 5.41) is 8.97. The normalized spacial score (nSPS) is 10.6. The van der Waals surface area contributed by atoms with E-state index in [9.17, 15) is 4.79 Å². The van der Waals surface area contributed by atoms with Crippen molar-refractivity contribution in [1.82, 2.24) is 5.32 Å². The number of carbonyl (C=O) groups excluding carboxylic acids is 1. The van der Waals surface area contributed by atoms with Crippen molar-refractivity contribution in [3.63, 3.8) is 0 Å². The van der Waals surface area contributed by atoms with Crippen molar-refractivity contribution < 1.29 is 9.53 Å². The van der Waals surface area contributed by atoms with Gasteiger partial charge < -0.3 is 10.1 Å². The minimum atomic E-state index is -0.105. The van der Waals surface area contributed by atoms with Gasteiger partial charge in [0.25, 0.3) is 5.91 Å². The van der Waals surface area contributed by atoms with Gasteiger partial charge in [-0.1, -0.05) is 30.3 Å². The van der Waals surface area contributed by atoms with E-state index < -0.39 is 0 Å². The zero-order valence-corrected chi connectivity index (χ0v) is 13.2. The molecule has 2 aromatic carbocycles. The van der Waals surface area contributed by atoms with Crippen LogP contribution in [0.5, 0.6) is 5.75 Å². The van der Waals surface area contributed by atoms with Gasteiger partial charge in [0.1, 0.15) is 5.75 Å². The number of rotatable bonds is 5. The first-order valence-electron chi connectivity index (χ1n) is 7.23. The van der Waals surface area contributed by atoms with Gasteiger partial charge in [-0.3, -0.25) is 4.79 Å². The lowest BCUT2D eigenvalue weighted by Gasteiger charge is -2.13. The van der Waals surface area contributed by atoms with Crippen LogP contribution in [0.25, 0.3) is 10.8 Å². The molecule has 1 amide bonds. The highest BCUT2D eigenvalue weighted by Gasteiger charge is 2.16. The molecule has 22 heavy (non-hydrogen) atoms. The molecule has 0 unspecified atom stereocenters. The van der Waals surface area contributed by atoms with Crippen LogP contribution in [0, 0.1) is 0 Å². The Labute approximate surface area is 133 Å². The van der Waals surface area contributed by atoms with E-state index in [1.807, 2.05) is 60.1 Å². The van der Waals surface area contributed by atoms with E-state index >= 15 is 0 Å². The number of fused-ring (bicyclic) bond motifs is 1. The fourth-order valence-electron chi connectivity index (χ4n) is 2.43. The molecule has 0 fully saturated rings. The summed E-state index contributed by atoms with van der Waals surface area (Å²) in [5.74, 6) is 0.524. The smallest absolute Gasteiger partial charge is 0.255 e. The SMILES string of the molecule is CCOc1ccc2ccccc2c1C(=O)NCc1ccsc1. The van der Waals surface area contributed by atoms with Gasteiger partial charge in [-0.05, 0) is 46.2 Å². The Morgan fingerprint density at radius 1 is 1.18 bits per heavy atom. The van der Waals surface area contributed by atoms with Gasteiger partial charge >= 0.3 is 0 Å². The topological polar surface area (TPSA) is 38.3 Å². The monoisotopic (exact) mass is 311 g/mol. The summed E-state index contributed by atoms with van der Waals surface area (Å²) in [5.41, 5.74) is 1.71. The van der Waals surface area contributed by atoms with Crippen molar-refractivity contribution >= 4 is 28.0 Å². The molecule has 1 aromatic heterocycles. The van der Waals surface area contributed by atoms with Gasteiger partial charge in [0, 0.05) is 6.54 Å². The van der Waals surface area contributed by atoms with E-state index in [0.717, 1.165) is 16.3 Å². The van der Waals surface area contributed by atoms with E-state index in [2.05, 4.69) is 5.32 Å². The highest BCUT2D eigenvalue weighted by Crippen LogP contribution is 2.28. The van der Waals surface area contributed by atoms with Crippen LogP contribution in [0.15, 0.2) is 53.2 Å². The first-order chi connectivity index (χ1) is 10.8. The molecule has 0 aliphatic carbocycles. The van der Waals surface area contributed by atoms with Gasteiger partial charge in [0.2, 0.25) is 0 Å². The standard InChI is InChI=1S/C18H17NO2S/c1-2-21-16-8-7-14-5-3-4-6-15(14)17(16)18(20)19-11-13-9-10-22-12-13/h3-10,12H,2,11H2,1H3,(H,19,20). The number of hydrogen-bond donors (Lipinski definition) is 1. The second-order valence-electron chi connectivity index (χ2n) is 4.91. The van der Waals surface area contributed by atoms with E-state index in [1.54, 1.807) is 11.3 Å². The van der Waals surface area contributed by atoms with Crippen molar-refractivity contribution in [2.24, 2.45) is 0 Å². The molecule has 3 rings (SSSR count). The van der Waals surface area contributed by atoms with Crippen LogP contribution in [-0.2, 0) is 6.54 Å². The molecule has 112 valence electrons. The van der Waals surface area contributed by atoms with Crippen molar-refractivity contribution in [1.29, 1.82) is 0 Å². The van der Waals surface area contributed by atoms with Crippen molar-refractivity contribution in [2.75, 3.05) is 6.61 Å². The number of hydrogen-bond acceptors (Lipinski definition) is 3. The third kappa shape index (κ3) is 2.97. The maximum Gasteiger partial charge on any atom is 0.255 e. The van der Waals surface area contributed by atoms with Gasteiger partial charge in [0.05, 0.1) is 12.2 Å². The van der Waals surface area contributed by atoms with E-state index in [-0.39, 0.29) is 5.91 Å². The maximum absolute atomic E-state index is 12.7. The van der Waals surface area contributed by atoms with Gasteiger partial charge in [-0.15, -0.1) is 0 Å². The summed E-state index contributed by atoms with van der Waals surface area (Å²) < 4.78 is 5.64. The van der Waals surface area contributed by atoms with Crippen LogP contribution in [0.1, 0.15) is 22.8 Å². The predicted molar refractivity (Wildman–Crippen MR) is 90.6 cm³/mol. The number of thiophene rings is 1. The molecule has 4 heteroatoms. The highest BCUT2D eigenvalue weighted by molar-refractivity contribution is 7.07. The first kappa shape index (κ1) is 14.6. The molecule has 0 aliphatic rings. The van der Waals surface area contributed by atoms with E-state index in [4.69, 9.17) is 4.74 Å². The van der Waals surface area contributed by atoms with Crippen LogP contribution < -0.4 is 10.1 Å². The summed E-state index contributed by atoms with van der Waals surface area (Å²) >= 11 is 1.62. The zero-order valence-electron chi connectivity index (χ0n) is 12.3. The van der Waals surface area contributed by atoms with Gasteiger partial charge in [-0.2, -0.15) is 11.3 Å². The zero-order chi connectivity index (χ0) is 15.4. The molecule has 0 radical (unpaired) electrons. The number of amides is 1. The second kappa shape index (κ2) is 6.62. The minimum Gasteiger partial charge on any atom is -0.493 e. The van der Waals surface area contributed by atoms with Crippen LogP contribution in [0.2, 0.25) is 0 Å². The van der Waals surface area contributed by atoms with Gasteiger partial charge in [0.15, 0.2) is 0 Å². The average Bonchev–Trinajstić information content (AvgIpc) is 3.06. The summed E-state index contributed by atoms with van der Waals surface area (Å²) in [4.78, 5) is 12.7. The van der Waals surface area contributed by atoms with E-state index in [0.29, 0.717) is 24.5 Å². The third-order valence-electron chi connectivity index (χ3n) is 3.45. The Hall–Kier alpha value is -2.33. The molecule has 1 heterocycles. The Balaban J connectivity index is 1.95. The van der Waals surface area contributed by atoms with Crippen LogP contribution in [-0.4, -0.2) is 12.5 Å². The minimum absolute atomic E-state index is 0.105. The van der Waals surface area contributed by atoms with E-state index in [1.165, 1.54) is 0 Å². The van der Waals surface area contributed by atoms with Crippen molar-refractivity contribution in [3.8, 4) is 5.75 Å². The summed E-state index contributed by atoms with van der Waals surface area (Å²) in [7, 11) is 0. The van der Waals surface area contributed by atoms with Crippen molar-refractivity contribution in [3.05, 3.63) is 64.4 Å². The molecule has 0 saturated carbocycles. The maximum atomic E-state index is 12.7. The number of nitrogens with one attached hydrogen (secondary N) is 1. The largest absolute Gasteiger partial charge is 0.493 e. The summed E-state index contributed by atoms with van der Waals surface area (Å²) in [6, 6.07) is 13.7. The second-order valence-corrected chi connectivity index (χ2v) is 5.69. The highest BCUT2D eigenvalue weighted by atomic mass is 32.1. The van der Waals surface area contributed by atoms with Crippen LogP contribution in [0.4, 0.5) is 0 Å². The third-order valence-corrected chi connectivity index (χ3v) is 4.18. The van der Waals surface area contributed by atoms with Crippen molar-refractivity contribution in [2.45, 2.75) is 13.5 Å². The quantitative estimate of drug-likeness (QED) is 0.766. The molecule has 3 aromatic rings. The summed E-state index contributed by atoms with van der Waals surface area (Å²) in [6.07, 6.45) is 0. The molecule has 0 atom stereocenters. The predicted octanol–water partition coefficient (Wildman–Crippen LogP) is 4.23. The molecular formula is C18H17NO2S. The number of ether oxygens (including phenoxy) is 1. The average molecular weight is 311 g/mol. The lowest BCUT2D eigenvalue weighted by atomic mass is 10.0. The fourth-order valence-corrected chi connectivity index (χ4v) is 3.09. The Bertz CT molecular complexity index is 781. The number of carbonyl (C=O) groups is 1. The Kier molecular flexibility index (Phi) is 4.39. The lowest BCUT2D eigenvalue weighted by molar-refractivity contribution is 0.0949. The van der Waals surface area contributed by atoms with Crippen LogP contribution in [0.3, 0.4) is 0 Å². The molecule has 0 bridgehead atoms. The molecule has 0 saturated heterocycles.